The maximum Gasteiger partial charge on any atom is 0.328 e. The predicted molar refractivity (Wildman–Crippen MR) is 72.7 cm³/mol. The lowest BCUT2D eigenvalue weighted by atomic mass is 10.1. The Labute approximate surface area is 112 Å². The van der Waals surface area contributed by atoms with Gasteiger partial charge in [-0.3, -0.25) is 9.78 Å². The van der Waals surface area contributed by atoms with Crippen LogP contribution in [0.2, 0.25) is 0 Å². The van der Waals surface area contributed by atoms with Gasteiger partial charge in [0.05, 0.1) is 0 Å². The third-order valence-electron chi connectivity index (χ3n) is 2.44. The van der Waals surface area contributed by atoms with Gasteiger partial charge in [0.1, 0.15) is 5.69 Å². The fraction of sp³-hybridized carbons (Fsp3) is 0.357. The fourth-order valence-electron chi connectivity index (χ4n) is 1.37. The summed E-state index contributed by atoms with van der Waals surface area (Å²) in [6, 6.07) is 3.23. The maximum atomic E-state index is 11.7. The van der Waals surface area contributed by atoms with Gasteiger partial charge in [-0.1, -0.05) is 19.9 Å². The number of rotatable bonds is 6. The van der Waals surface area contributed by atoms with Gasteiger partial charge in [0, 0.05) is 18.8 Å². The Morgan fingerprint density at radius 3 is 2.68 bits per heavy atom. The number of carboxylic acids is 1. The van der Waals surface area contributed by atoms with Gasteiger partial charge in [-0.15, -0.1) is 0 Å². The molecule has 0 aliphatic rings. The number of carbonyl (C=O) groups excluding carboxylic acids is 1. The molecule has 0 saturated heterocycles. The molecular weight excluding hydrogens is 244 g/mol. The standard InChI is InChI=1S/C14H18N2O3/c1-10(2)7-8-15-14(19)12-5-3-11(9-16-12)4-6-13(17)18/h3-6,9-10H,7-8H2,1-2H3,(H,15,19)(H,17,18). The van der Waals surface area contributed by atoms with Crippen molar-refractivity contribution in [2.24, 2.45) is 5.92 Å². The predicted octanol–water partition coefficient (Wildman–Crippen LogP) is 1.96. The number of hydrogen-bond donors (Lipinski definition) is 2. The summed E-state index contributed by atoms with van der Waals surface area (Å²) >= 11 is 0. The van der Waals surface area contributed by atoms with Crippen LogP contribution in [0, 0.1) is 5.92 Å². The van der Waals surface area contributed by atoms with E-state index in [9.17, 15) is 9.59 Å². The van der Waals surface area contributed by atoms with E-state index in [4.69, 9.17) is 5.11 Å². The van der Waals surface area contributed by atoms with Crippen molar-refractivity contribution in [2.75, 3.05) is 6.54 Å². The topological polar surface area (TPSA) is 79.3 Å². The van der Waals surface area contributed by atoms with E-state index in [2.05, 4.69) is 24.1 Å². The van der Waals surface area contributed by atoms with E-state index in [-0.39, 0.29) is 5.91 Å². The van der Waals surface area contributed by atoms with Crippen LogP contribution in [0.15, 0.2) is 24.4 Å². The second kappa shape index (κ2) is 7.31. The lowest BCUT2D eigenvalue weighted by Gasteiger charge is -2.06. The minimum absolute atomic E-state index is 0.214. The van der Waals surface area contributed by atoms with Crippen LogP contribution in [0.5, 0.6) is 0 Å². The van der Waals surface area contributed by atoms with Crippen LogP contribution in [-0.4, -0.2) is 28.5 Å². The van der Waals surface area contributed by atoms with Gasteiger partial charge in [-0.2, -0.15) is 0 Å². The molecule has 0 atom stereocenters. The highest BCUT2D eigenvalue weighted by Gasteiger charge is 2.06. The second-order valence-corrected chi connectivity index (χ2v) is 4.59. The molecule has 0 radical (unpaired) electrons. The molecule has 0 aromatic carbocycles. The number of nitrogens with one attached hydrogen (secondary N) is 1. The number of hydrogen-bond acceptors (Lipinski definition) is 3. The smallest absolute Gasteiger partial charge is 0.328 e. The number of carboxylic acid groups (broad SMARTS) is 1. The molecule has 1 amide bonds. The fourth-order valence-corrected chi connectivity index (χ4v) is 1.37. The molecule has 1 heterocycles. The average Bonchev–Trinajstić information content (AvgIpc) is 2.36. The Morgan fingerprint density at radius 1 is 1.42 bits per heavy atom. The van der Waals surface area contributed by atoms with Gasteiger partial charge < -0.3 is 10.4 Å². The SMILES string of the molecule is CC(C)CCNC(=O)c1ccc(C=CC(=O)O)cn1. The monoisotopic (exact) mass is 262 g/mol. The van der Waals surface area contributed by atoms with Crippen molar-refractivity contribution in [1.29, 1.82) is 0 Å². The Hall–Kier alpha value is -2.17. The van der Waals surface area contributed by atoms with E-state index in [1.54, 1.807) is 12.1 Å². The highest BCUT2D eigenvalue weighted by Crippen LogP contribution is 2.03. The zero-order valence-electron chi connectivity index (χ0n) is 11.1. The summed E-state index contributed by atoms with van der Waals surface area (Å²) in [5.74, 6) is -0.693. The first-order valence-electron chi connectivity index (χ1n) is 6.14. The molecule has 1 aromatic heterocycles. The summed E-state index contributed by atoms with van der Waals surface area (Å²) < 4.78 is 0. The Bertz CT molecular complexity index is 464. The minimum Gasteiger partial charge on any atom is -0.478 e. The van der Waals surface area contributed by atoms with Gasteiger partial charge >= 0.3 is 5.97 Å². The maximum absolute atomic E-state index is 11.7. The van der Waals surface area contributed by atoms with Gasteiger partial charge in [0.2, 0.25) is 0 Å². The molecule has 0 aliphatic heterocycles. The molecule has 1 rings (SSSR count). The van der Waals surface area contributed by atoms with E-state index in [0.717, 1.165) is 12.5 Å². The number of aliphatic carboxylic acids is 1. The molecular formula is C14H18N2O3. The molecule has 102 valence electrons. The lowest BCUT2D eigenvalue weighted by Crippen LogP contribution is -2.26. The second-order valence-electron chi connectivity index (χ2n) is 4.59. The van der Waals surface area contributed by atoms with Crippen LogP contribution in [0.25, 0.3) is 6.08 Å². The average molecular weight is 262 g/mol. The molecule has 5 heteroatoms. The number of aromatic nitrogens is 1. The zero-order chi connectivity index (χ0) is 14.3. The number of pyridine rings is 1. The van der Waals surface area contributed by atoms with E-state index < -0.39 is 5.97 Å². The summed E-state index contributed by atoms with van der Waals surface area (Å²) in [6.07, 6.45) is 4.84. The van der Waals surface area contributed by atoms with Gasteiger partial charge in [0.25, 0.3) is 5.91 Å². The number of carbonyl (C=O) groups is 2. The molecule has 0 aliphatic carbocycles. The first-order valence-corrected chi connectivity index (χ1v) is 6.14. The van der Waals surface area contributed by atoms with Crippen LogP contribution < -0.4 is 5.32 Å². The Kier molecular flexibility index (Phi) is 5.73. The van der Waals surface area contributed by atoms with Gasteiger partial charge in [-0.25, -0.2) is 4.79 Å². The summed E-state index contributed by atoms with van der Waals surface area (Å²) in [6.45, 7) is 4.81. The molecule has 0 fully saturated rings. The van der Waals surface area contributed by atoms with Crippen LogP contribution in [0.3, 0.4) is 0 Å². The molecule has 0 bridgehead atoms. The van der Waals surface area contributed by atoms with Crippen molar-refractivity contribution in [3.05, 3.63) is 35.7 Å². The van der Waals surface area contributed by atoms with Gasteiger partial charge in [-0.05, 0) is 30.0 Å². The quantitative estimate of drug-likeness (QED) is 0.768. The van der Waals surface area contributed by atoms with E-state index >= 15 is 0 Å². The third-order valence-corrected chi connectivity index (χ3v) is 2.44. The van der Waals surface area contributed by atoms with Crippen molar-refractivity contribution in [3.8, 4) is 0 Å². The normalized spacial score (nSPS) is 10.9. The third kappa shape index (κ3) is 5.81. The van der Waals surface area contributed by atoms with Crippen LogP contribution in [-0.2, 0) is 4.79 Å². The van der Waals surface area contributed by atoms with Crippen molar-refractivity contribution in [3.63, 3.8) is 0 Å². The molecule has 19 heavy (non-hydrogen) atoms. The van der Waals surface area contributed by atoms with Crippen LogP contribution in [0.1, 0.15) is 36.3 Å². The molecule has 5 nitrogen and oxygen atoms in total. The highest BCUT2D eigenvalue weighted by molar-refractivity contribution is 5.92. The summed E-state index contributed by atoms with van der Waals surface area (Å²) in [5, 5.41) is 11.3. The minimum atomic E-state index is -1.02. The summed E-state index contributed by atoms with van der Waals surface area (Å²) in [4.78, 5) is 26.1. The van der Waals surface area contributed by atoms with E-state index in [1.165, 1.54) is 12.3 Å². The van der Waals surface area contributed by atoms with Crippen LogP contribution in [0.4, 0.5) is 0 Å². The molecule has 0 spiro atoms. The Morgan fingerprint density at radius 2 is 2.16 bits per heavy atom. The summed E-state index contributed by atoms with van der Waals surface area (Å²) in [5.41, 5.74) is 0.970. The zero-order valence-corrected chi connectivity index (χ0v) is 11.1. The highest BCUT2D eigenvalue weighted by atomic mass is 16.4. The first-order chi connectivity index (χ1) is 8.99. The van der Waals surface area contributed by atoms with Crippen molar-refractivity contribution >= 4 is 18.0 Å². The van der Waals surface area contributed by atoms with E-state index in [0.29, 0.717) is 23.7 Å². The Balaban J connectivity index is 2.55. The summed E-state index contributed by atoms with van der Waals surface area (Å²) in [7, 11) is 0. The van der Waals surface area contributed by atoms with Crippen molar-refractivity contribution in [1.82, 2.24) is 10.3 Å². The molecule has 2 N–H and O–H groups in total. The lowest BCUT2D eigenvalue weighted by molar-refractivity contribution is -0.131. The molecule has 1 aromatic rings. The van der Waals surface area contributed by atoms with Crippen molar-refractivity contribution in [2.45, 2.75) is 20.3 Å². The molecule has 0 unspecified atom stereocenters. The van der Waals surface area contributed by atoms with Crippen molar-refractivity contribution < 1.29 is 14.7 Å². The number of amides is 1. The van der Waals surface area contributed by atoms with E-state index in [1.807, 2.05) is 0 Å². The first kappa shape index (κ1) is 14.9. The van der Waals surface area contributed by atoms with Gasteiger partial charge in [0.15, 0.2) is 0 Å². The number of nitrogens with zero attached hydrogens (tertiary/aromatic N) is 1. The van der Waals surface area contributed by atoms with Crippen LogP contribution >= 0.6 is 0 Å². The molecule has 0 saturated carbocycles. The largest absolute Gasteiger partial charge is 0.478 e.